The number of hydrogen-bond donors (Lipinski definition) is 0. The minimum Gasteiger partial charge on any atom is -0.486 e. The molecule has 3 aromatic rings. The third-order valence-electron chi connectivity index (χ3n) is 4.04. The first kappa shape index (κ1) is 15.2. The second-order valence-corrected chi connectivity index (χ2v) is 6.73. The van der Waals surface area contributed by atoms with Gasteiger partial charge in [0, 0.05) is 31.2 Å². The first-order chi connectivity index (χ1) is 11.9. The van der Waals surface area contributed by atoms with Crippen LogP contribution in [0.5, 0.6) is 5.75 Å². The lowest BCUT2D eigenvalue weighted by molar-refractivity contribution is 0.238. The predicted octanol–water partition coefficient (Wildman–Crippen LogP) is 3.07. The number of thiazole rings is 1. The zero-order chi connectivity index (χ0) is 16.2. The van der Waals surface area contributed by atoms with Gasteiger partial charge in [0.1, 0.15) is 23.7 Å². The number of rotatable bonds is 5. The van der Waals surface area contributed by atoms with E-state index in [4.69, 9.17) is 9.72 Å². The normalized spacial score (nSPS) is 14.3. The predicted molar refractivity (Wildman–Crippen MR) is 92.7 cm³/mol. The first-order valence-corrected chi connectivity index (χ1v) is 8.86. The SMILES string of the molecule is c1ccc(OCc2nc(CN3CCc4cncnc4C3)cs2)cc1. The molecule has 0 atom stereocenters. The molecule has 0 bridgehead atoms. The van der Waals surface area contributed by atoms with E-state index >= 15 is 0 Å². The Morgan fingerprint density at radius 1 is 1.21 bits per heavy atom. The third kappa shape index (κ3) is 3.60. The third-order valence-corrected chi connectivity index (χ3v) is 4.91. The van der Waals surface area contributed by atoms with Crippen LogP contribution in [0.15, 0.2) is 48.2 Å². The van der Waals surface area contributed by atoms with Gasteiger partial charge >= 0.3 is 0 Å². The summed E-state index contributed by atoms with van der Waals surface area (Å²) in [5, 5.41) is 3.13. The van der Waals surface area contributed by atoms with Crippen molar-refractivity contribution in [2.75, 3.05) is 6.54 Å². The topological polar surface area (TPSA) is 51.1 Å². The number of nitrogens with zero attached hydrogens (tertiary/aromatic N) is 4. The van der Waals surface area contributed by atoms with Crippen LogP contribution in [0.4, 0.5) is 0 Å². The number of para-hydroxylation sites is 1. The molecule has 0 spiro atoms. The summed E-state index contributed by atoms with van der Waals surface area (Å²) in [6.07, 6.45) is 4.57. The Balaban J connectivity index is 1.34. The van der Waals surface area contributed by atoms with Crippen molar-refractivity contribution in [3.63, 3.8) is 0 Å². The molecule has 0 aliphatic carbocycles. The number of fused-ring (bicyclic) bond motifs is 1. The van der Waals surface area contributed by atoms with E-state index in [-0.39, 0.29) is 0 Å². The molecule has 3 heterocycles. The zero-order valence-electron chi connectivity index (χ0n) is 13.3. The van der Waals surface area contributed by atoms with Crippen molar-refractivity contribution in [3.8, 4) is 5.75 Å². The van der Waals surface area contributed by atoms with E-state index in [0.717, 1.165) is 48.2 Å². The Bertz CT molecular complexity index is 806. The van der Waals surface area contributed by atoms with Crippen LogP contribution in [0.3, 0.4) is 0 Å². The van der Waals surface area contributed by atoms with Crippen LogP contribution in [0.1, 0.15) is 22.0 Å². The lowest BCUT2D eigenvalue weighted by Crippen LogP contribution is -2.31. The largest absolute Gasteiger partial charge is 0.486 e. The van der Waals surface area contributed by atoms with Gasteiger partial charge in [-0.2, -0.15) is 0 Å². The summed E-state index contributed by atoms with van der Waals surface area (Å²) in [6.45, 7) is 3.26. The van der Waals surface area contributed by atoms with Crippen LogP contribution < -0.4 is 4.74 Å². The van der Waals surface area contributed by atoms with Crippen LogP contribution >= 0.6 is 11.3 Å². The van der Waals surface area contributed by atoms with Crippen molar-refractivity contribution in [2.24, 2.45) is 0 Å². The van der Waals surface area contributed by atoms with Gasteiger partial charge in [0.25, 0.3) is 0 Å². The highest BCUT2D eigenvalue weighted by molar-refractivity contribution is 7.09. The summed E-state index contributed by atoms with van der Waals surface area (Å²) < 4.78 is 5.76. The van der Waals surface area contributed by atoms with Crippen molar-refractivity contribution in [3.05, 3.63) is 70.2 Å². The van der Waals surface area contributed by atoms with Crippen molar-refractivity contribution in [1.82, 2.24) is 19.9 Å². The molecule has 24 heavy (non-hydrogen) atoms. The van der Waals surface area contributed by atoms with Gasteiger partial charge in [-0.15, -0.1) is 11.3 Å². The molecule has 5 nitrogen and oxygen atoms in total. The first-order valence-electron chi connectivity index (χ1n) is 7.98. The Labute approximate surface area is 145 Å². The van der Waals surface area contributed by atoms with E-state index in [1.807, 2.05) is 36.5 Å². The van der Waals surface area contributed by atoms with Crippen LogP contribution in [-0.4, -0.2) is 26.4 Å². The molecule has 4 rings (SSSR count). The minimum atomic E-state index is 0.519. The molecule has 0 amide bonds. The maximum absolute atomic E-state index is 5.76. The molecule has 0 unspecified atom stereocenters. The molecule has 0 saturated heterocycles. The summed E-state index contributed by atoms with van der Waals surface area (Å²) in [4.78, 5) is 15.6. The number of ether oxygens (including phenoxy) is 1. The average Bonchev–Trinajstić information content (AvgIpc) is 3.08. The van der Waals surface area contributed by atoms with Gasteiger partial charge in [0.15, 0.2) is 0 Å². The molecule has 1 aliphatic heterocycles. The summed E-state index contributed by atoms with van der Waals surface area (Å²) >= 11 is 1.65. The standard InChI is InChI=1S/C18H18N4OS/c1-2-4-16(5-3-1)23-11-18-21-15(12-24-18)9-22-7-6-14-8-19-13-20-17(14)10-22/h1-5,8,12-13H,6-7,9-11H2. The smallest absolute Gasteiger partial charge is 0.140 e. The van der Waals surface area contributed by atoms with Crippen LogP contribution in [-0.2, 0) is 26.1 Å². The van der Waals surface area contributed by atoms with Gasteiger partial charge in [0.2, 0.25) is 0 Å². The molecule has 0 N–H and O–H groups in total. The van der Waals surface area contributed by atoms with Crippen molar-refractivity contribution in [1.29, 1.82) is 0 Å². The van der Waals surface area contributed by atoms with Crippen LogP contribution in [0.25, 0.3) is 0 Å². The number of benzene rings is 1. The lowest BCUT2D eigenvalue weighted by atomic mass is 10.1. The monoisotopic (exact) mass is 338 g/mol. The molecule has 1 aromatic carbocycles. The Hall–Kier alpha value is -2.31. The van der Waals surface area contributed by atoms with Gasteiger partial charge in [-0.3, -0.25) is 4.90 Å². The number of hydrogen-bond acceptors (Lipinski definition) is 6. The maximum atomic E-state index is 5.76. The van der Waals surface area contributed by atoms with E-state index in [1.54, 1.807) is 17.7 Å². The fraction of sp³-hybridized carbons (Fsp3) is 0.278. The van der Waals surface area contributed by atoms with E-state index in [9.17, 15) is 0 Å². The molecule has 0 saturated carbocycles. The summed E-state index contributed by atoms with van der Waals surface area (Å²) in [6, 6.07) is 9.85. The fourth-order valence-electron chi connectivity index (χ4n) is 2.82. The Kier molecular flexibility index (Phi) is 4.49. The number of aromatic nitrogens is 3. The lowest BCUT2D eigenvalue weighted by Gasteiger charge is -2.26. The van der Waals surface area contributed by atoms with Gasteiger partial charge < -0.3 is 4.74 Å². The molecule has 122 valence electrons. The van der Waals surface area contributed by atoms with Crippen molar-refractivity contribution >= 4 is 11.3 Å². The quantitative estimate of drug-likeness (QED) is 0.715. The summed E-state index contributed by atoms with van der Waals surface area (Å²) in [7, 11) is 0. The fourth-order valence-corrected chi connectivity index (χ4v) is 3.51. The van der Waals surface area contributed by atoms with E-state index in [1.165, 1.54) is 5.56 Å². The average molecular weight is 338 g/mol. The van der Waals surface area contributed by atoms with Gasteiger partial charge in [-0.05, 0) is 24.1 Å². The minimum absolute atomic E-state index is 0.519. The van der Waals surface area contributed by atoms with Crippen molar-refractivity contribution < 1.29 is 4.74 Å². The van der Waals surface area contributed by atoms with Gasteiger partial charge in [-0.1, -0.05) is 18.2 Å². The Morgan fingerprint density at radius 2 is 2.12 bits per heavy atom. The molecule has 0 radical (unpaired) electrons. The Morgan fingerprint density at radius 3 is 3.04 bits per heavy atom. The van der Waals surface area contributed by atoms with E-state index in [0.29, 0.717) is 6.61 Å². The van der Waals surface area contributed by atoms with Crippen LogP contribution in [0.2, 0.25) is 0 Å². The van der Waals surface area contributed by atoms with Crippen LogP contribution in [0, 0.1) is 0 Å². The molecular weight excluding hydrogens is 320 g/mol. The second-order valence-electron chi connectivity index (χ2n) is 5.79. The highest BCUT2D eigenvalue weighted by Crippen LogP contribution is 2.20. The van der Waals surface area contributed by atoms with E-state index in [2.05, 4.69) is 20.2 Å². The molecule has 0 fully saturated rings. The molecule has 2 aromatic heterocycles. The van der Waals surface area contributed by atoms with E-state index < -0.39 is 0 Å². The van der Waals surface area contributed by atoms with Gasteiger partial charge in [0.05, 0.1) is 11.4 Å². The highest BCUT2D eigenvalue weighted by Gasteiger charge is 2.18. The zero-order valence-corrected chi connectivity index (χ0v) is 14.1. The maximum Gasteiger partial charge on any atom is 0.140 e. The van der Waals surface area contributed by atoms with Gasteiger partial charge in [-0.25, -0.2) is 15.0 Å². The highest BCUT2D eigenvalue weighted by atomic mass is 32.1. The summed E-state index contributed by atoms with van der Waals surface area (Å²) in [5.41, 5.74) is 3.51. The molecular formula is C18H18N4OS. The summed E-state index contributed by atoms with van der Waals surface area (Å²) in [5.74, 6) is 0.876. The second kappa shape index (κ2) is 7.07. The molecule has 6 heteroatoms. The van der Waals surface area contributed by atoms with Crippen molar-refractivity contribution in [2.45, 2.75) is 26.1 Å². The molecule has 1 aliphatic rings.